The molecule has 0 amide bonds. The Hall–Kier alpha value is -1.00. The van der Waals surface area contributed by atoms with E-state index < -0.39 is 5.82 Å². The van der Waals surface area contributed by atoms with E-state index in [4.69, 9.17) is 26.8 Å². The molecule has 1 aromatic carbocycles. The van der Waals surface area contributed by atoms with Crippen molar-refractivity contribution in [3.8, 4) is 5.75 Å². The summed E-state index contributed by atoms with van der Waals surface area (Å²) in [6, 6.07) is 2.66. The molecule has 2 rings (SSSR count). The maximum absolute atomic E-state index is 13.5. The van der Waals surface area contributed by atoms with Crippen LogP contribution in [0.3, 0.4) is 0 Å². The quantitative estimate of drug-likeness (QED) is 0.849. The second-order valence-corrected chi connectivity index (χ2v) is 4.54. The Labute approximate surface area is 105 Å². The number of nitrogen functional groups attached to an aromatic ring is 1. The number of rotatable bonds is 3. The van der Waals surface area contributed by atoms with Crippen molar-refractivity contribution in [1.82, 2.24) is 0 Å². The van der Waals surface area contributed by atoms with E-state index in [9.17, 15) is 4.39 Å². The molecule has 1 atom stereocenters. The molecule has 0 saturated carbocycles. The van der Waals surface area contributed by atoms with E-state index in [0.717, 1.165) is 25.9 Å². The van der Waals surface area contributed by atoms with Crippen LogP contribution in [0, 0.1) is 5.82 Å². The summed E-state index contributed by atoms with van der Waals surface area (Å²) in [5.41, 5.74) is 5.86. The number of ether oxygens (including phenoxy) is 2. The van der Waals surface area contributed by atoms with Crippen molar-refractivity contribution >= 4 is 17.3 Å². The standard InChI is InChI=1S/C12H15ClFNO2/c13-8-5-10(14)12(11(15)6-8)17-7-9-3-1-2-4-16-9/h5-6,9H,1-4,7,15H2. The molecule has 17 heavy (non-hydrogen) atoms. The van der Waals surface area contributed by atoms with Gasteiger partial charge in [0.15, 0.2) is 11.6 Å². The molecule has 5 heteroatoms. The van der Waals surface area contributed by atoms with Crippen LogP contribution in [-0.2, 0) is 4.74 Å². The van der Waals surface area contributed by atoms with E-state index in [1.54, 1.807) is 0 Å². The van der Waals surface area contributed by atoms with Crippen LogP contribution >= 0.6 is 11.6 Å². The molecule has 1 aliphatic heterocycles. The summed E-state index contributed by atoms with van der Waals surface area (Å²) < 4.78 is 24.4. The first-order valence-electron chi connectivity index (χ1n) is 5.66. The van der Waals surface area contributed by atoms with E-state index in [-0.39, 0.29) is 22.6 Å². The Morgan fingerprint density at radius 1 is 1.47 bits per heavy atom. The second kappa shape index (κ2) is 5.56. The fraction of sp³-hybridized carbons (Fsp3) is 0.500. The topological polar surface area (TPSA) is 44.5 Å². The summed E-state index contributed by atoms with van der Waals surface area (Å²) in [7, 11) is 0. The van der Waals surface area contributed by atoms with Gasteiger partial charge in [0, 0.05) is 11.6 Å². The number of nitrogens with two attached hydrogens (primary N) is 1. The summed E-state index contributed by atoms with van der Waals surface area (Å²) in [5.74, 6) is -0.477. The molecule has 1 unspecified atom stereocenters. The third kappa shape index (κ3) is 3.23. The van der Waals surface area contributed by atoms with Gasteiger partial charge >= 0.3 is 0 Å². The Balaban J connectivity index is 1.98. The maximum atomic E-state index is 13.5. The van der Waals surface area contributed by atoms with Crippen LogP contribution in [0.25, 0.3) is 0 Å². The molecule has 1 saturated heterocycles. The van der Waals surface area contributed by atoms with Gasteiger partial charge in [-0.2, -0.15) is 0 Å². The van der Waals surface area contributed by atoms with Gasteiger partial charge in [-0.3, -0.25) is 0 Å². The minimum atomic E-state index is -0.536. The fourth-order valence-corrected chi connectivity index (χ4v) is 2.06. The first-order valence-corrected chi connectivity index (χ1v) is 6.03. The molecule has 0 spiro atoms. The average molecular weight is 260 g/mol. The predicted molar refractivity (Wildman–Crippen MR) is 64.9 cm³/mol. The second-order valence-electron chi connectivity index (χ2n) is 4.11. The van der Waals surface area contributed by atoms with Crippen LogP contribution in [0.4, 0.5) is 10.1 Å². The zero-order valence-corrected chi connectivity index (χ0v) is 10.2. The van der Waals surface area contributed by atoms with Crippen molar-refractivity contribution in [3.05, 3.63) is 23.0 Å². The highest BCUT2D eigenvalue weighted by Gasteiger charge is 2.17. The molecule has 1 fully saturated rings. The molecule has 0 radical (unpaired) electrons. The van der Waals surface area contributed by atoms with Crippen LogP contribution in [0.15, 0.2) is 12.1 Å². The molecule has 1 aromatic rings. The van der Waals surface area contributed by atoms with Crippen LogP contribution in [-0.4, -0.2) is 19.3 Å². The van der Waals surface area contributed by atoms with Crippen molar-refractivity contribution in [2.24, 2.45) is 0 Å². The normalized spacial score (nSPS) is 20.2. The van der Waals surface area contributed by atoms with Gasteiger partial charge in [0.1, 0.15) is 6.61 Å². The maximum Gasteiger partial charge on any atom is 0.178 e. The Bertz CT molecular complexity index is 371. The smallest absolute Gasteiger partial charge is 0.178 e. The van der Waals surface area contributed by atoms with Gasteiger partial charge in [-0.25, -0.2) is 4.39 Å². The number of benzene rings is 1. The van der Waals surface area contributed by atoms with Crippen molar-refractivity contribution in [2.45, 2.75) is 25.4 Å². The molecular weight excluding hydrogens is 245 g/mol. The SMILES string of the molecule is Nc1cc(Cl)cc(F)c1OCC1CCCCO1. The molecule has 0 aromatic heterocycles. The van der Waals surface area contributed by atoms with Crippen molar-refractivity contribution in [1.29, 1.82) is 0 Å². The minimum absolute atomic E-state index is 0.0261. The van der Waals surface area contributed by atoms with E-state index in [0.29, 0.717) is 6.61 Å². The molecule has 0 aliphatic carbocycles. The van der Waals surface area contributed by atoms with E-state index in [1.807, 2.05) is 0 Å². The van der Waals surface area contributed by atoms with Crippen molar-refractivity contribution < 1.29 is 13.9 Å². The minimum Gasteiger partial charge on any atom is -0.486 e. The van der Waals surface area contributed by atoms with E-state index >= 15 is 0 Å². The number of hydrogen-bond donors (Lipinski definition) is 1. The lowest BCUT2D eigenvalue weighted by Crippen LogP contribution is -2.26. The highest BCUT2D eigenvalue weighted by molar-refractivity contribution is 6.30. The number of halogens is 2. The zero-order valence-electron chi connectivity index (χ0n) is 9.42. The van der Waals surface area contributed by atoms with Crippen LogP contribution in [0.1, 0.15) is 19.3 Å². The molecule has 0 bridgehead atoms. The molecule has 2 N–H and O–H groups in total. The Morgan fingerprint density at radius 3 is 2.94 bits per heavy atom. The summed E-state index contributed by atoms with van der Waals surface area (Å²) >= 11 is 5.67. The molecule has 1 heterocycles. The van der Waals surface area contributed by atoms with E-state index in [1.165, 1.54) is 12.1 Å². The lowest BCUT2D eigenvalue weighted by molar-refractivity contribution is -0.0115. The van der Waals surface area contributed by atoms with Gasteiger partial charge in [-0.05, 0) is 31.4 Å². The predicted octanol–water partition coefficient (Wildman–Crippen LogP) is 3.01. The molecule has 1 aliphatic rings. The zero-order chi connectivity index (χ0) is 12.3. The van der Waals surface area contributed by atoms with Gasteiger partial charge in [-0.15, -0.1) is 0 Å². The van der Waals surface area contributed by atoms with Gasteiger partial charge in [-0.1, -0.05) is 11.6 Å². The summed E-state index contributed by atoms with van der Waals surface area (Å²) in [4.78, 5) is 0. The van der Waals surface area contributed by atoms with E-state index in [2.05, 4.69) is 0 Å². The number of anilines is 1. The molecular formula is C12H15ClFNO2. The summed E-state index contributed by atoms with van der Waals surface area (Å²) in [6.45, 7) is 1.06. The molecule has 94 valence electrons. The monoisotopic (exact) mass is 259 g/mol. The van der Waals surface area contributed by atoms with Crippen LogP contribution < -0.4 is 10.5 Å². The third-order valence-electron chi connectivity index (χ3n) is 2.72. The van der Waals surface area contributed by atoms with Gasteiger partial charge < -0.3 is 15.2 Å². The largest absolute Gasteiger partial charge is 0.486 e. The van der Waals surface area contributed by atoms with Gasteiger partial charge in [0.05, 0.1) is 11.8 Å². The average Bonchev–Trinajstić information content (AvgIpc) is 2.29. The summed E-state index contributed by atoms with van der Waals surface area (Å²) in [6.07, 6.45) is 3.16. The lowest BCUT2D eigenvalue weighted by Gasteiger charge is -2.23. The fourth-order valence-electron chi connectivity index (χ4n) is 1.85. The van der Waals surface area contributed by atoms with Crippen LogP contribution in [0.2, 0.25) is 5.02 Å². The Morgan fingerprint density at radius 2 is 2.29 bits per heavy atom. The summed E-state index contributed by atoms with van der Waals surface area (Å²) in [5, 5.41) is 0.265. The third-order valence-corrected chi connectivity index (χ3v) is 2.94. The van der Waals surface area contributed by atoms with Crippen molar-refractivity contribution in [3.63, 3.8) is 0 Å². The van der Waals surface area contributed by atoms with Gasteiger partial charge in [0.2, 0.25) is 0 Å². The number of hydrogen-bond acceptors (Lipinski definition) is 3. The molecule has 3 nitrogen and oxygen atoms in total. The lowest BCUT2D eigenvalue weighted by atomic mass is 10.1. The highest BCUT2D eigenvalue weighted by Crippen LogP contribution is 2.29. The Kier molecular flexibility index (Phi) is 4.07. The van der Waals surface area contributed by atoms with Gasteiger partial charge in [0.25, 0.3) is 0 Å². The highest BCUT2D eigenvalue weighted by atomic mass is 35.5. The van der Waals surface area contributed by atoms with Crippen molar-refractivity contribution in [2.75, 3.05) is 18.9 Å². The first-order chi connectivity index (χ1) is 8.16. The first kappa shape index (κ1) is 12.5. The van der Waals surface area contributed by atoms with Crippen LogP contribution in [0.5, 0.6) is 5.75 Å².